The fourth-order valence-electron chi connectivity index (χ4n) is 2.59. The van der Waals surface area contributed by atoms with E-state index in [4.69, 9.17) is 4.74 Å². The van der Waals surface area contributed by atoms with Crippen molar-refractivity contribution in [2.45, 2.75) is 30.7 Å². The Hall–Kier alpha value is -2.60. The minimum absolute atomic E-state index is 0.219. The van der Waals surface area contributed by atoms with Gasteiger partial charge in [0.05, 0.1) is 6.61 Å². The van der Waals surface area contributed by atoms with E-state index in [1.165, 1.54) is 11.8 Å². The summed E-state index contributed by atoms with van der Waals surface area (Å²) in [7, 11) is 0. The van der Waals surface area contributed by atoms with Gasteiger partial charge in [0.25, 0.3) is 0 Å². The van der Waals surface area contributed by atoms with Crippen LogP contribution in [0.1, 0.15) is 20.3 Å². The number of para-hydroxylation sites is 1. The third kappa shape index (κ3) is 3.96. The fourth-order valence-corrected chi connectivity index (χ4v) is 3.56. The molecule has 3 aromatic rings. The molecule has 0 fully saturated rings. The number of hydrogen-bond acceptors (Lipinski definition) is 5. The van der Waals surface area contributed by atoms with E-state index in [1.807, 2.05) is 79.1 Å². The van der Waals surface area contributed by atoms with Crippen molar-refractivity contribution in [3.05, 3.63) is 60.7 Å². The minimum Gasteiger partial charge on any atom is -0.465 e. The molecule has 0 amide bonds. The number of rotatable bonds is 7. The van der Waals surface area contributed by atoms with E-state index < -0.39 is 0 Å². The number of esters is 1. The summed E-state index contributed by atoms with van der Waals surface area (Å²) < 4.78 is 7.17. The number of thioether (sulfide) groups is 1. The van der Waals surface area contributed by atoms with Crippen LogP contribution in [0.25, 0.3) is 17.1 Å². The lowest BCUT2D eigenvalue weighted by atomic mass is 10.2. The van der Waals surface area contributed by atoms with Crippen molar-refractivity contribution in [3.63, 3.8) is 0 Å². The van der Waals surface area contributed by atoms with E-state index in [1.54, 1.807) is 0 Å². The van der Waals surface area contributed by atoms with Crippen molar-refractivity contribution >= 4 is 17.7 Å². The maximum absolute atomic E-state index is 12.2. The monoisotopic (exact) mass is 367 g/mol. The van der Waals surface area contributed by atoms with E-state index in [2.05, 4.69) is 10.2 Å². The number of carbonyl (C=O) groups is 1. The second-order valence-electron chi connectivity index (χ2n) is 5.61. The quantitative estimate of drug-likeness (QED) is 0.458. The van der Waals surface area contributed by atoms with Crippen molar-refractivity contribution in [1.82, 2.24) is 14.8 Å². The Kier molecular flexibility index (Phi) is 6.07. The van der Waals surface area contributed by atoms with Crippen LogP contribution in [0.4, 0.5) is 0 Å². The first-order valence-electron chi connectivity index (χ1n) is 8.64. The Labute approximate surface area is 157 Å². The van der Waals surface area contributed by atoms with Gasteiger partial charge in [-0.3, -0.25) is 9.36 Å². The van der Waals surface area contributed by atoms with Crippen LogP contribution in [-0.2, 0) is 9.53 Å². The summed E-state index contributed by atoms with van der Waals surface area (Å²) in [6.07, 6.45) is 0.659. The summed E-state index contributed by atoms with van der Waals surface area (Å²) in [6, 6.07) is 19.8. The SMILES string of the molecule is CCOC(=O)[C@@H](CC)Sc1nnc(-c2ccccc2)n1-c1ccccc1. The van der Waals surface area contributed by atoms with Gasteiger partial charge in [0, 0.05) is 11.3 Å². The molecule has 134 valence electrons. The average Bonchev–Trinajstić information content (AvgIpc) is 3.11. The molecule has 0 N–H and O–H groups in total. The molecule has 1 aromatic heterocycles. The lowest BCUT2D eigenvalue weighted by Crippen LogP contribution is -2.20. The molecule has 3 rings (SSSR count). The summed E-state index contributed by atoms with van der Waals surface area (Å²) in [5.74, 6) is 0.530. The summed E-state index contributed by atoms with van der Waals surface area (Å²) >= 11 is 1.39. The second kappa shape index (κ2) is 8.67. The van der Waals surface area contributed by atoms with Crippen LogP contribution in [0, 0.1) is 0 Å². The number of hydrogen-bond donors (Lipinski definition) is 0. The number of carbonyl (C=O) groups excluding carboxylic acids is 1. The maximum Gasteiger partial charge on any atom is 0.319 e. The molecular formula is C20H21N3O2S. The number of nitrogens with zero attached hydrogens (tertiary/aromatic N) is 3. The van der Waals surface area contributed by atoms with E-state index in [0.29, 0.717) is 18.2 Å². The van der Waals surface area contributed by atoms with Gasteiger partial charge in [0.2, 0.25) is 0 Å². The molecule has 0 aliphatic rings. The van der Waals surface area contributed by atoms with Crippen LogP contribution in [0.5, 0.6) is 0 Å². The largest absolute Gasteiger partial charge is 0.465 e. The average molecular weight is 367 g/mol. The van der Waals surface area contributed by atoms with Crippen molar-refractivity contribution in [2.24, 2.45) is 0 Å². The van der Waals surface area contributed by atoms with E-state index in [-0.39, 0.29) is 11.2 Å². The molecule has 2 aromatic carbocycles. The predicted molar refractivity (Wildman–Crippen MR) is 103 cm³/mol. The van der Waals surface area contributed by atoms with Crippen molar-refractivity contribution < 1.29 is 9.53 Å². The summed E-state index contributed by atoms with van der Waals surface area (Å²) in [5, 5.41) is 9.12. The molecule has 0 unspecified atom stereocenters. The van der Waals surface area contributed by atoms with Crippen molar-refractivity contribution in [1.29, 1.82) is 0 Å². The Balaban J connectivity index is 2.03. The van der Waals surface area contributed by atoms with Crippen LogP contribution in [-0.4, -0.2) is 32.6 Å². The number of benzene rings is 2. The van der Waals surface area contributed by atoms with Gasteiger partial charge < -0.3 is 4.74 Å². The standard InChI is InChI=1S/C20H21N3O2S/c1-3-17(19(24)25-4-2)26-20-22-21-18(15-11-7-5-8-12-15)23(20)16-13-9-6-10-14-16/h5-14,17H,3-4H2,1-2H3/t17-/m1/s1. The number of ether oxygens (including phenoxy) is 1. The minimum atomic E-state index is -0.315. The second-order valence-corrected chi connectivity index (χ2v) is 6.78. The van der Waals surface area contributed by atoms with Gasteiger partial charge in [-0.05, 0) is 25.5 Å². The fraction of sp³-hybridized carbons (Fsp3) is 0.250. The third-order valence-corrected chi connectivity index (χ3v) is 5.13. The highest BCUT2D eigenvalue weighted by Crippen LogP contribution is 2.31. The van der Waals surface area contributed by atoms with Crippen LogP contribution >= 0.6 is 11.8 Å². The Bertz CT molecular complexity index is 850. The molecule has 26 heavy (non-hydrogen) atoms. The Morgan fingerprint density at radius 2 is 1.69 bits per heavy atom. The molecule has 0 aliphatic heterocycles. The normalized spacial score (nSPS) is 11.9. The van der Waals surface area contributed by atoms with Gasteiger partial charge >= 0.3 is 5.97 Å². The van der Waals surface area contributed by atoms with Crippen LogP contribution in [0.15, 0.2) is 65.8 Å². The molecule has 6 heteroatoms. The molecule has 0 spiro atoms. The zero-order chi connectivity index (χ0) is 18.4. The molecule has 5 nitrogen and oxygen atoms in total. The van der Waals surface area contributed by atoms with Gasteiger partial charge in [-0.15, -0.1) is 10.2 Å². The predicted octanol–water partition coefficient (Wildman–Crippen LogP) is 4.37. The smallest absolute Gasteiger partial charge is 0.319 e. The van der Waals surface area contributed by atoms with Crippen LogP contribution in [0.3, 0.4) is 0 Å². The first kappa shape index (κ1) is 18.2. The zero-order valence-corrected chi connectivity index (χ0v) is 15.6. The molecule has 0 radical (unpaired) electrons. The third-order valence-electron chi connectivity index (χ3n) is 3.85. The topological polar surface area (TPSA) is 57.0 Å². The summed E-state index contributed by atoms with van der Waals surface area (Å²) in [6.45, 7) is 4.15. The highest BCUT2D eigenvalue weighted by molar-refractivity contribution is 8.00. The molecule has 0 bridgehead atoms. The highest BCUT2D eigenvalue weighted by Gasteiger charge is 2.24. The molecule has 0 saturated carbocycles. The van der Waals surface area contributed by atoms with E-state index >= 15 is 0 Å². The molecule has 1 atom stereocenters. The lowest BCUT2D eigenvalue weighted by molar-refractivity contribution is -0.142. The van der Waals surface area contributed by atoms with E-state index in [9.17, 15) is 4.79 Å². The summed E-state index contributed by atoms with van der Waals surface area (Å²) in [4.78, 5) is 12.2. The Morgan fingerprint density at radius 3 is 2.31 bits per heavy atom. The van der Waals surface area contributed by atoms with Gasteiger partial charge in [-0.1, -0.05) is 67.2 Å². The Morgan fingerprint density at radius 1 is 1.04 bits per heavy atom. The van der Waals surface area contributed by atoms with Crippen LogP contribution < -0.4 is 0 Å². The van der Waals surface area contributed by atoms with Gasteiger partial charge in [-0.25, -0.2) is 0 Å². The highest BCUT2D eigenvalue weighted by atomic mass is 32.2. The molecule has 0 saturated heterocycles. The molecule has 0 aliphatic carbocycles. The first-order valence-corrected chi connectivity index (χ1v) is 9.52. The van der Waals surface area contributed by atoms with Gasteiger partial charge in [0.15, 0.2) is 11.0 Å². The van der Waals surface area contributed by atoms with Crippen molar-refractivity contribution in [3.8, 4) is 17.1 Å². The maximum atomic E-state index is 12.2. The van der Waals surface area contributed by atoms with Gasteiger partial charge in [-0.2, -0.15) is 0 Å². The van der Waals surface area contributed by atoms with E-state index in [0.717, 1.165) is 17.1 Å². The lowest BCUT2D eigenvalue weighted by Gasteiger charge is -2.14. The van der Waals surface area contributed by atoms with Crippen LogP contribution in [0.2, 0.25) is 0 Å². The van der Waals surface area contributed by atoms with Gasteiger partial charge in [0.1, 0.15) is 5.25 Å². The number of aromatic nitrogens is 3. The molecule has 1 heterocycles. The molecular weight excluding hydrogens is 346 g/mol. The van der Waals surface area contributed by atoms with Crippen molar-refractivity contribution in [2.75, 3.05) is 6.61 Å². The summed E-state index contributed by atoms with van der Waals surface area (Å²) in [5.41, 5.74) is 1.93. The first-order chi connectivity index (χ1) is 12.7. The zero-order valence-electron chi connectivity index (χ0n) is 14.8.